The fraction of sp³-hybridized carbons (Fsp3) is 0.0625. The number of rotatable bonds is 3. The van der Waals surface area contributed by atoms with E-state index in [1.165, 1.54) is 10.4 Å². The molecule has 2 aromatic carbocycles. The van der Waals surface area contributed by atoms with Gasteiger partial charge in [-0.15, -0.1) is 15.0 Å². The van der Waals surface area contributed by atoms with Crippen molar-refractivity contribution in [2.75, 3.05) is 0 Å². The molecule has 0 saturated heterocycles. The molecule has 0 aliphatic heterocycles. The quantitative estimate of drug-likeness (QED) is 0.727. The van der Waals surface area contributed by atoms with Crippen LogP contribution in [0.4, 0.5) is 0 Å². The summed E-state index contributed by atoms with van der Waals surface area (Å²) in [5.41, 5.74) is 3.28. The lowest BCUT2D eigenvalue weighted by Crippen LogP contribution is -1.91. The molecule has 3 aromatic rings. The highest BCUT2D eigenvalue weighted by Crippen LogP contribution is 2.14. The van der Waals surface area contributed by atoms with Gasteiger partial charge in [0.2, 0.25) is 5.82 Å². The number of nitrogens with zero attached hydrogens (tertiary/aromatic N) is 4. The minimum atomic E-state index is 0.628. The maximum absolute atomic E-state index is 4.33. The van der Waals surface area contributed by atoms with Gasteiger partial charge in [0.1, 0.15) is 0 Å². The normalized spacial score (nSPS) is 11.1. The fourth-order valence-electron chi connectivity index (χ4n) is 1.82. The van der Waals surface area contributed by atoms with Gasteiger partial charge in [0.15, 0.2) is 0 Å². The van der Waals surface area contributed by atoms with Gasteiger partial charge in [-0.2, -0.15) is 0 Å². The fourth-order valence-corrected chi connectivity index (χ4v) is 1.82. The Hall–Kier alpha value is -2.75. The van der Waals surface area contributed by atoms with Crippen LogP contribution in [0.2, 0.25) is 0 Å². The van der Waals surface area contributed by atoms with E-state index in [0.717, 1.165) is 11.1 Å². The summed E-state index contributed by atoms with van der Waals surface area (Å²) in [5, 5.41) is 12.4. The molecule has 0 bridgehead atoms. The molecule has 20 heavy (non-hydrogen) atoms. The van der Waals surface area contributed by atoms with Gasteiger partial charge in [0, 0.05) is 5.56 Å². The summed E-state index contributed by atoms with van der Waals surface area (Å²) in [7, 11) is 0. The van der Waals surface area contributed by atoms with Gasteiger partial charge < -0.3 is 0 Å². The average molecular weight is 262 g/mol. The topological polar surface area (TPSA) is 43.6 Å². The van der Waals surface area contributed by atoms with Gasteiger partial charge in [-0.05, 0) is 23.8 Å². The Bertz CT molecular complexity index is 712. The summed E-state index contributed by atoms with van der Waals surface area (Å²) in [6.07, 6.45) is 3.74. The molecule has 0 radical (unpaired) electrons. The molecule has 0 spiro atoms. The second kappa shape index (κ2) is 5.48. The minimum absolute atomic E-state index is 0.628. The zero-order valence-corrected chi connectivity index (χ0v) is 11.1. The van der Waals surface area contributed by atoms with Crippen molar-refractivity contribution in [1.82, 2.24) is 20.2 Å². The van der Waals surface area contributed by atoms with E-state index in [0.29, 0.717) is 5.82 Å². The van der Waals surface area contributed by atoms with Gasteiger partial charge in [-0.1, -0.05) is 60.2 Å². The molecule has 1 heterocycles. The van der Waals surface area contributed by atoms with Crippen LogP contribution in [0.5, 0.6) is 0 Å². The van der Waals surface area contributed by atoms with Gasteiger partial charge in [0.05, 0.1) is 6.20 Å². The van der Waals surface area contributed by atoms with Crippen LogP contribution in [-0.4, -0.2) is 20.2 Å². The number of benzene rings is 2. The highest BCUT2D eigenvalue weighted by atomic mass is 15.6. The number of tetrazole rings is 1. The van der Waals surface area contributed by atoms with E-state index in [9.17, 15) is 0 Å². The van der Waals surface area contributed by atoms with Gasteiger partial charge in [0.25, 0.3) is 0 Å². The van der Waals surface area contributed by atoms with Crippen molar-refractivity contribution in [2.45, 2.75) is 6.92 Å². The predicted octanol–water partition coefficient (Wildman–Crippen LogP) is 3.28. The Labute approximate surface area is 117 Å². The number of hydrogen-bond acceptors (Lipinski definition) is 3. The summed E-state index contributed by atoms with van der Waals surface area (Å²) >= 11 is 0. The van der Waals surface area contributed by atoms with E-state index < -0.39 is 0 Å². The zero-order chi connectivity index (χ0) is 13.8. The molecular weight excluding hydrogens is 248 g/mol. The molecule has 0 N–H and O–H groups in total. The lowest BCUT2D eigenvalue weighted by Gasteiger charge is -1.94. The lowest BCUT2D eigenvalue weighted by molar-refractivity contribution is 0.761. The van der Waals surface area contributed by atoms with Gasteiger partial charge in [-0.3, -0.25) is 0 Å². The molecule has 3 rings (SSSR count). The molecule has 0 amide bonds. The Kier molecular flexibility index (Phi) is 3.37. The van der Waals surface area contributed by atoms with Crippen LogP contribution in [0.3, 0.4) is 0 Å². The second-order valence-electron chi connectivity index (χ2n) is 4.53. The summed E-state index contributed by atoms with van der Waals surface area (Å²) in [4.78, 5) is 1.47. The highest BCUT2D eigenvalue weighted by molar-refractivity contribution is 5.60. The third-order valence-electron chi connectivity index (χ3n) is 2.94. The van der Waals surface area contributed by atoms with Crippen LogP contribution in [-0.2, 0) is 0 Å². The third-order valence-corrected chi connectivity index (χ3v) is 2.94. The zero-order valence-electron chi connectivity index (χ0n) is 11.1. The molecular formula is C16H14N4. The molecule has 0 aliphatic carbocycles. The van der Waals surface area contributed by atoms with Crippen molar-refractivity contribution in [3.63, 3.8) is 0 Å². The molecule has 0 unspecified atom stereocenters. The summed E-state index contributed by atoms with van der Waals surface area (Å²) in [5.74, 6) is 0.628. The van der Waals surface area contributed by atoms with Crippen LogP contribution in [0.1, 0.15) is 11.1 Å². The van der Waals surface area contributed by atoms with Crippen molar-refractivity contribution in [1.29, 1.82) is 0 Å². The maximum atomic E-state index is 4.33. The van der Waals surface area contributed by atoms with E-state index in [1.54, 1.807) is 6.20 Å². The largest absolute Gasteiger partial charge is 0.205 e. The molecule has 0 atom stereocenters. The summed E-state index contributed by atoms with van der Waals surface area (Å²) in [6, 6.07) is 18.1. The van der Waals surface area contributed by atoms with Crippen molar-refractivity contribution in [3.8, 4) is 11.4 Å². The molecule has 0 saturated carbocycles. The number of aromatic nitrogens is 4. The van der Waals surface area contributed by atoms with E-state index in [2.05, 4.69) is 22.3 Å². The third kappa shape index (κ3) is 2.80. The Morgan fingerprint density at radius 3 is 2.45 bits per heavy atom. The van der Waals surface area contributed by atoms with E-state index >= 15 is 0 Å². The number of hydrogen-bond donors (Lipinski definition) is 0. The summed E-state index contributed by atoms with van der Waals surface area (Å²) in [6.45, 7) is 2.05. The Morgan fingerprint density at radius 1 is 0.950 bits per heavy atom. The molecule has 98 valence electrons. The van der Waals surface area contributed by atoms with E-state index in [1.807, 2.05) is 60.7 Å². The van der Waals surface area contributed by atoms with Crippen molar-refractivity contribution >= 4 is 12.3 Å². The van der Waals surface area contributed by atoms with Crippen molar-refractivity contribution < 1.29 is 0 Å². The first-order valence-corrected chi connectivity index (χ1v) is 6.41. The first kappa shape index (κ1) is 12.3. The SMILES string of the molecule is Cc1ccc(-c2nnn(/C=C/c3ccccc3)n2)cc1. The first-order valence-electron chi connectivity index (χ1n) is 6.41. The van der Waals surface area contributed by atoms with Crippen LogP contribution in [0.15, 0.2) is 54.6 Å². The Morgan fingerprint density at radius 2 is 1.70 bits per heavy atom. The van der Waals surface area contributed by atoms with E-state index in [4.69, 9.17) is 0 Å². The molecule has 0 fully saturated rings. The van der Waals surface area contributed by atoms with Crippen LogP contribution in [0.25, 0.3) is 23.7 Å². The minimum Gasteiger partial charge on any atom is -0.138 e. The molecule has 0 aliphatic rings. The van der Waals surface area contributed by atoms with Crippen LogP contribution < -0.4 is 0 Å². The smallest absolute Gasteiger partial charge is 0.138 e. The second-order valence-corrected chi connectivity index (χ2v) is 4.53. The first-order chi connectivity index (χ1) is 9.81. The lowest BCUT2D eigenvalue weighted by atomic mass is 10.1. The highest BCUT2D eigenvalue weighted by Gasteiger charge is 2.03. The van der Waals surface area contributed by atoms with Crippen LogP contribution in [0, 0.1) is 6.92 Å². The van der Waals surface area contributed by atoms with Crippen molar-refractivity contribution in [2.24, 2.45) is 0 Å². The molecule has 1 aromatic heterocycles. The number of aryl methyl sites for hydroxylation is 1. The Balaban J connectivity index is 1.80. The van der Waals surface area contributed by atoms with Crippen molar-refractivity contribution in [3.05, 3.63) is 65.7 Å². The maximum Gasteiger partial charge on any atom is 0.205 e. The van der Waals surface area contributed by atoms with E-state index in [-0.39, 0.29) is 0 Å². The van der Waals surface area contributed by atoms with Crippen LogP contribution >= 0.6 is 0 Å². The average Bonchev–Trinajstić information content (AvgIpc) is 2.96. The summed E-state index contributed by atoms with van der Waals surface area (Å²) < 4.78 is 0. The monoisotopic (exact) mass is 262 g/mol. The standard InChI is InChI=1S/C16H14N4/c1-13-7-9-15(10-8-13)16-17-19-20(18-16)12-11-14-5-3-2-4-6-14/h2-12H,1H3/b12-11+. The molecule has 4 nitrogen and oxygen atoms in total. The predicted molar refractivity (Wildman–Crippen MR) is 79.7 cm³/mol. The molecule has 4 heteroatoms. The van der Waals surface area contributed by atoms with Gasteiger partial charge in [-0.25, -0.2) is 0 Å². The van der Waals surface area contributed by atoms with Gasteiger partial charge >= 0.3 is 0 Å².